The number of amides is 2. The predicted molar refractivity (Wildman–Crippen MR) is 122 cm³/mol. The Hall–Kier alpha value is -2.95. The van der Waals surface area contributed by atoms with Crippen LogP contribution in [0.25, 0.3) is 11.1 Å². The summed E-state index contributed by atoms with van der Waals surface area (Å²) in [5, 5.41) is 0. The molecule has 1 aromatic carbocycles. The smallest absolute Gasteiger partial charge is 0.228 e. The molecule has 1 aliphatic heterocycles. The maximum absolute atomic E-state index is 13.4. The summed E-state index contributed by atoms with van der Waals surface area (Å²) in [5.74, 6) is 0.217. The minimum atomic E-state index is -0.259. The quantitative estimate of drug-likeness (QED) is 0.669. The van der Waals surface area contributed by atoms with Gasteiger partial charge in [-0.25, -0.2) is 0 Å². The lowest BCUT2D eigenvalue weighted by Crippen LogP contribution is -2.40. The Labute approximate surface area is 184 Å². The average molecular weight is 418 g/mol. The molecule has 1 aliphatic carbocycles. The first-order chi connectivity index (χ1) is 15.2. The lowest BCUT2D eigenvalue weighted by molar-refractivity contribution is -0.136. The molecular weight excluding hydrogens is 386 g/mol. The molecule has 2 fully saturated rings. The maximum Gasteiger partial charge on any atom is 0.228 e. The van der Waals surface area contributed by atoms with Crippen LogP contribution >= 0.6 is 0 Å². The van der Waals surface area contributed by atoms with Gasteiger partial charge >= 0.3 is 0 Å². The summed E-state index contributed by atoms with van der Waals surface area (Å²) in [7, 11) is 0. The standard InChI is InChI=1S/C26H31N3O2/c1-2-14-28-15-16-29(25(30)20-8-3-4-9-20)19-23(26(28)31)17-21-10-5-6-12-24(21)22-11-7-13-27-18-22/h2,5-7,10-13,18,20,23H,1,3-4,8-9,14-17,19H2. The molecular formula is C26H31N3O2. The fourth-order valence-corrected chi connectivity index (χ4v) is 4.93. The van der Waals surface area contributed by atoms with Crippen molar-refractivity contribution in [3.05, 3.63) is 67.0 Å². The van der Waals surface area contributed by atoms with Crippen LogP contribution in [0.3, 0.4) is 0 Å². The van der Waals surface area contributed by atoms with Crippen LogP contribution in [0.5, 0.6) is 0 Å². The lowest BCUT2D eigenvalue weighted by atomic mass is 9.91. The van der Waals surface area contributed by atoms with Crippen LogP contribution < -0.4 is 0 Å². The number of rotatable bonds is 6. The number of hydrogen-bond donors (Lipinski definition) is 0. The zero-order valence-electron chi connectivity index (χ0n) is 18.1. The first-order valence-electron chi connectivity index (χ1n) is 11.3. The van der Waals surface area contributed by atoms with E-state index in [4.69, 9.17) is 0 Å². The molecule has 2 heterocycles. The minimum absolute atomic E-state index is 0.114. The highest BCUT2D eigenvalue weighted by Crippen LogP contribution is 2.29. The summed E-state index contributed by atoms with van der Waals surface area (Å²) in [6.45, 7) is 6.01. The molecule has 0 N–H and O–H groups in total. The summed E-state index contributed by atoms with van der Waals surface area (Å²) < 4.78 is 0. The minimum Gasteiger partial charge on any atom is -0.340 e. The van der Waals surface area contributed by atoms with Gasteiger partial charge in [0, 0.05) is 50.1 Å². The summed E-state index contributed by atoms with van der Waals surface area (Å²) in [4.78, 5) is 34.6. The van der Waals surface area contributed by atoms with E-state index >= 15 is 0 Å². The van der Waals surface area contributed by atoms with E-state index in [1.807, 2.05) is 40.3 Å². The van der Waals surface area contributed by atoms with Gasteiger partial charge in [0.2, 0.25) is 11.8 Å². The van der Waals surface area contributed by atoms with Gasteiger partial charge in [0.15, 0.2) is 0 Å². The van der Waals surface area contributed by atoms with Crippen molar-refractivity contribution >= 4 is 11.8 Å². The van der Waals surface area contributed by atoms with E-state index in [0.717, 1.165) is 42.4 Å². The third kappa shape index (κ3) is 4.87. The summed E-state index contributed by atoms with van der Waals surface area (Å²) in [6, 6.07) is 12.2. The predicted octanol–water partition coefficient (Wildman–Crippen LogP) is 3.95. The van der Waals surface area contributed by atoms with Gasteiger partial charge in [0.05, 0.1) is 5.92 Å². The van der Waals surface area contributed by atoms with Gasteiger partial charge in [-0.3, -0.25) is 14.6 Å². The second-order valence-corrected chi connectivity index (χ2v) is 8.64. The van der Waals surface area contributed by atoms with Gasteiger partial charge in [-0.1, -0.05) is 49.2 Å². The molecule has 0 radical (unpaired) electrons. The zero-order chi connectivity index (χ0) is 21.6. The molecule has 2 amide bonds. The van der Waals surface area contributed by atoms with Crippen molar-refractivity contribution in [2.45, 2.75) is 32.1 Å². The summed E-state index contributed by atoms with van der Waals surface area (Å²) in [6.07, 6.45) is 10.2. The fourth-order valence-electron chi connectivity index (χ4n) is 4.93. The molecule has 5 heteroatoms. The van der Waals surface area contributed by atoms with E-state index in [1.54, 1.807) is 12.3 Å². The maximum atomic E-state index is 13.4. The lowest BCUT2D eigenvalue weighted by Gasteiger charge is -2.26. The van der Waals surface area contributed by atoms with Crippen molar-refractivity contribution in [3.8, 4) is 11.1 Å². The summed E-state index contributed by atoms with van der Waals surface area (Å²) in [5.41, 5.74) is 3.25. The van der Waals surface area contributed by atoms with Crippen molar-refractivity contribution < 1.29 is 9.59 Å². The Bertz CT molecular complexity index is 921. The SMILES string of the molecule is C=CCN1CCN(C(=O)C2CCCC2)CC(Cc2ccccc2-c2cccnc2)C1=O. The molecule has 1 unspecified atom stereocenters. The number of hydrogen-bond acceptors (Lipinski definition) is 3. The Morgan fingerprint density at radius 1 is 1.13 bits per heavy atom. The molecule has 162 valence electrons. The van der Waals surface area contributed by atoms with E-state index in [2.05, 4.69) is 23.7 Å². The Balaban J connectivity index is 1.60. The van der Waals surface area contributed by atoms with Crippen molar-refractivity contribution in [1.82, 2.24) is 14.8 Å². The Morgan fingerprint density at radius 3 is 2.68 bits per heavy atom. The van der Waals surface area contributed by atoms with Gasteiger partial charge in [-0.15, -0.1) is 6.58 Å². The molecule has 1 aromatic heterocycles. The molecule has 2 aliphatic rings. The van der Waals surface area contributed by atoms with Gasteiger partial charge in [-0.2, -0.15) is 0 Å². The van der Waals surface area contributed by atoms with Crippen LogP contribution in [-0.2, 0) is 16.0 Å². The third-order valence-corrected chi connectivity index (χ3v) is 6.56. The molecule has 0 spiro atoms. The second kappa shape index (κ2) is 9.90. The van der Waals surface area contributed by atoms with E-state index < -0.39 is 0 Å². The monoisotopic (exact) mass is 417 g/mol. The Kier molecular flexibility index (Phi) is 6.80. The molecule has 1 saturated heterocycles. The number of pyridine rings is 1. The topological polar surface area (TPSA) is 53.5 Å². The average Bonchev–Trinajstić information content (AvgIpc) is 3.30. The fraction of sp³-hybridized carbons (Fsp3) is 0.423. The van der Waals surface area contributed by atoms with Crippen molar-refractivity contribution in [2.24, 2.45) is 11.8 Å². The molecule has 1 atom stereocenters. The van der Waals surface area contributed by atoms with Gasteiger partial charge in [-0.05, 0) is 36.5 Å². The number of benzene rings is 1. The molecule has 2 aromatic rings. The van der Waals surface area contributed by atoms with Crippen LogP contribution in [-0.4, -0.2) is 52.8 Å². The van der Waals surface area contributed by atoms with Crippen molar-refractivity contribution in [1.29, 1.82) is 0 Å². The zero-order valence-corrected chi connectivity index (χ0v) is 18.1. The highest BCUT2D eigenvalue weighted by Gasteiger charge is 2.35. The number of nitrogens with zero attached hydrogens (tertiary/aromatic N) is 3. The molecule has 1 saturated carbocycles. The van der Waals surface area contributed by atoms with E-state index in [0.29, 0.717) is 32.6 Å². The highest BCUT2D eigenvalue weighted by molar-refractivity contribution is 5.84. The number of carbonyl (C=O) groups excluding carboxylic acids is 2. The normalized spacial score (nSPS) is 20.0. The highest BCUT2D eigenvalue weighted by atomic mass is 16.2. The van der Waals surface area contributed by atoms with Gasteiger partial charge in [0.25, 0.3) is 0 Å². The van der Waals surface area contributed by atoms with Crippen molar-refractivity contribution in [2.75, 3.05) is 26.2 Å². The number of aromatic nitrogens is 1. The largest absolute Gasteiger partial charge is 0.340 e. The molecule has 0 bridgehead atoms. The first-order valence-corrected chi connectivity index (χ1v) is 11.3. The molecule has 5 nitrogen and oxygen atoms in total. The first kappa shape index (κ1) is 21.3. The van der Waals surface area contributed by atoms with E-state index in [-0.39, 0.29) is 23.7 Å². The summed E-state index contributed by atoms with van der Waals surface area (Å²) >= 11 is 0. The van der Waals surface area contributed by atoms with Crippen LogP contribution in [0.4, 0.5) is 0 Å². The van der Waals surface area contributed by atoms with Crippen LogP contribution in [0.1, 0.15) is 31.2 Å². The van der Waals surface area contributed by atoms with Crippen LogP contribution in [0.15, 0.2) is 61.4 Å². The van der Waals surface area contributed by atoms with Crippen molar-refractivity contribution in [3.63, 3.8) is 0 Å². The Morgan fingerprint density at radius 2 is 1.94 bits per heavy atom. The molecule has 4 rings (SSSR count). The third-order valence-electron chi connectivity index (χ3n) is 6.56. The molecule has 31 heavy (non-hydrogen) atoms. The van der Waals surface area contributed by atoms with E-state index in [9.17, 15) is 9.59 Å². The van der Waals surface area contributed by atoms with Crippen LogP contribution in [0.2, 0.25) is 0 Å². The van der Waals surface area contributed by atoms with E-state index in [1.165, 1.54) is 0 Å². The van der Waals surface area contributed by atoms with Gasteiger partial charge in [0.1, 0.15) is 0 Å². The number of carbonyl (C=O) groups is 2. The van der Waals surface area contributed by atoms with Crippen LogP contribution in [0, 0.1) is 11.8 Å². The second-order valence-electron chi connectivity index (χ2n) is 8.64. The van der Waals surface area contributed by atoms with Gasteiger partial charge < -0.3 is 9.80 Å².